The lowest BCUT2D eigenvalue weighted by Crippen LogP contribution is -2.35. The molecule has 0 spiro atoms. The third-order valence-corrected chi connectivity index (χ3v) is 11.2. The predicted molar refractivity (Wildman–Crippen MR) is 178 cm³/mol. The fourth-order valence-electron chi connectivity index (χ4n) is 6.16. The number of carboxylic acid groups (broad SMARTS) is 1. The predicted octanol–water partition coefficient (Wildman–Crippen LogP) is 5.20. The molecule has 0 unspecified atom stereocenters. The number of aliphatic carboxylic acids is 1. The lowest BCUT2D eigenvalue weighted by Gasteiger charge is -2.28. The van der Waals surface area contributed by atoms with Crippen molar-refractivity contribution in [3.05, 3.63) is 87.5 Å². The van der Waals surface area contributed by atoms with E-state index >= 15 is 0 Å². The molecule has 4 aliphatic rings. The van der Waals surface area contributed by atoms with Gasteiger partial charge in [0.15, 0.2) is 9.84 Å². The third kappa shape index (κ3) is 8.09. The van der Waals surface area contributed by atoms with Gasteiger partial charge in [-0.1, -0.05) is 18.2 Å². The molecule has 3 heterocycles. The average molecular weight is 715 g/mol. The molecule has 7 rings (SSSR count). The molecule has 0 radical (unpaired) electrons. The Bertz CT molecular complexity index is 1950. The van der Waals surface area contributed by atoms with Gasteiger partial charge in [-0.3, -0.25) is 14.4 Å². The van der Waals surface area contributed by atoms with E-state index in [1.165, 1.54) is 4.90 Å². The van der Waals surface area contributed by atoms with Gasteiger partial charge >= 0.3 is 12.1 Å². The molecule has 3 aromatic carbocycles. The van der Waals surface area contributed by atoms with Gasteiger partial charge in [-0.15, -0.1) is 0 Å². The van der Waals surface area contributed by atoms with Crippen molar-refractivity contribution in [1.82, 2.24) is 10.2 Å². The van der Waals surface area contributed by atoms with Crippen LogP contribution in [0.5, 0.6) is 0 Å². The first-order valence-electron chi connectivity index (χ1n) is 15.9. The van der Waals surface area contributed by atoms with Crippen LogP contribution in [-0.2, 0) is 43.7 Å². The molecule has 4 N–H and O–H groups in total. The highest BCUT2D eigenvalue weighted by molar-refractivity contribution is 7.92. The first-order valence-corrected chi connectivity index (χ1v) is 17.5. The van der Waals surface area contributed by atoms with Crippen molar-refractivity contribution in [2.24, 2.45) is 0 Å². The topological polar surface area (TPSA) is 162 Å². The summed E-state index contributed by atoms with van der Waals surface area (Å²) in [6.07, 6.45) is -2.16. The maximum atomic E-state index is 14.3. The van der Waals surface area contributed by atoms with E-state index in [-0.39, 0.29) is 29.2 Å². The Labute approximate surface area is 287 Å². The second kappa shape index (κ2) is 14.1. The van der Waals surface area contributed by atoms with E-state index in [4.69, 9.17) is 9.90 Å². The van der Waals surface area contributed by atoms with E-state index in [9.17, 15) is 36.0 Å². The van der Waals surface area contributed by atoms with Crippen molar-refractivity contribution in [2.45, 2.75) is 81.4 Å². The van der Waals surface area contributed by atoms with E-state index in [2.05, 4.69) is 16.0 Å². The summed E-state index contributed by atoms with van der Waals surface area (Å²) < 4.78 is 58.5. The number of nitrogens with zero attached hydrogens (tertiary/aromatic N) is 1. The van der Waals surface area contributed by atoms with Gasteiger partial charge in [-0.05, 0) is 103 Å². The number of carboxylic acids is 1. The monoisotopic (exact) mass is 714 g/mol. The Kier molecular flexibility index (Phi) is 10.3. The summed E-state index contributed by atoms with van der Waals surface area (Å²) in [6.45, 7) is 4.54. The molecule has 50 heavy (non-hydrogen) atoms. The number of halogens is 3. The number of carbonyl (C=O) groups is 4. The largest absolute Gasteiger partial charge is 0.490 e. The van der Waals surface area contributed by atoms with Crippen LogP contribution >= 0.6 is 0 Å². The molecule has 266 valence electrons. The first-order chi connectivity index (χ1) is 23.4. The van der Waals surface area contributed by atoms with E-state index in [1.807, 2.05) is 38.1 Å². The lowest BCUT2D eigenvalue weighted by molar-refractivity contribution is -0.192. The summed E-state index contributed by atoms with van der Waals surface area (Å²) in [7, 11) is -1.91. The maximum Gasteiger partial charge on any atom is 0.490 e. The number of anilines is 2. The minimum absolute atomic E-state index is 0.0324. The van der Waals surface area contributed by atoms with E-state index in [0.29, 0.717) is 61.2 Å². The molecule has 1 saturated carbocycles. The van der Waals surface area contributed by atoms with Gasteiger partial charge < -0.3 is 26.0 Å². The number of fused-ring (bicyclic) bond motifs is 10. The van der Waals surface area contributed by atoms with Crippen LogP contribution in [0.25, 0.3) is 0 Å². The number of benzene rings is 3. The Morgan fingerprint density at radius 3 is 2.24 bits per heavy atom. The molecular weight excluding hydrogens is 677 g/mol. The van der Waals surface area contributed by atoms with Crippen molar-refractivity contribution < 1.29 is 45.9 Å². The van der Waals surface area contributed by atoms with E-state index in [0.717, 1.165) is 27.8 Å². The molecule has 3 amide bonds. The Balaban J connectivity index is 0.000000630. The molecule has 1 atom stereocenters. The zero-order chi connectivity index (χ0) is 36.5. The van der Waals surface area contributed by atoms with Crippen LogP contribution in [0.1, 0.15) is 75.5 Å². The van der Waals surface area contributed by atoms with Crippen molar-refractivity contribution in [3.8, 4) is 0 Å². The molecule has 4 bridgehead atoms. The quantitative estimate of drug-likeness (QED) is 0.287. The van der Waals surface area contributed by atoms with Gasteiger partial charge in [-0.25, -0.2) is 13.2 Å². The number of aryl methyl sites for hydroxylation is 2. The van der Waals surface area contributed by atoms with Gasteiger partial charge in [0.1, 0.15) is 6.04 Å². The number of nitrogens with one attached hydrogen (secondary N) is 3. The average Bonchev–Trinajstić information content (AvgIpc) is 3.84. The summed E-state index contributed by atoms with van der Waals surface area (Å²) >= 11 is 0. The molecule has 11 nitrogen and oxygen atoms in total. The highest BCUT2D eigenvalue weighted by Gasteiger charge is 2.39. The van der Waals surface area contributed by atoms with Crippen molar-refractivity contribution >= 4 is 44.9 Å². The van der Waals surface area contributed by atoms with Crippen LogP contribution in [0, 0.1) is 13.8 Å². The number of amides is 3. The Morgan fingerprint density at radius 1 is 0.960 bits per heavy atom. The van der Waals surface area contributed by atoms with E-state index < -0.39 is 33.3 Å². The van der Waals surface area contributed by atoms with Gasteiger partial charge in [0.2, 0.25) is 11.8 Å². The molecule has 3 aromatic rings. The zero-order valence-corrected chi connectivity index (χ0v) is 28.4. The smallest absolute Gasteiger partial charge is 0.475 e. The van der Waals surface area contributed by atoms with Gasteiger partial charge in [0, 0.05) is 43.5 Å². The van der Waals surface area contributed by atoms with Crippen LogP contribution in [-0.4, -0.2) is 60.6 Å². The SMILES string of the molecule is Cc1cc2cc(C)c1CCCC(=O)Nc1ccc(S(=O)(=O)C3CC3)c(c1)CN(C)C(=O)[C@@H]2Nc1ccc2c(c1)C(=O)NC2.O=C(O)C(F)(F)F. The van der Waals surface area contributed by atoms with Crippen molar-refractivity contribution in [1.29, 1.82) is 0 Å². The van der Waals surface area contributed by atoms with Crippen LogP contribution in [0.4, 0.5) is 24.5 Å². The van der Waals surface area contributed by atoms with Crippen LogP contribution in [0.2, 0.25) is 0 Å². The lowest BCUT2D eigenvalue weighted by atomic mass is 9.92. The van der Waals surface area contributed by atoms with E-state index in [1.54, 1.807) is 31.3 Å². The molecule has 0 saturated heterocycles. The molecular formula is C35H37F3N4O7S. The Morgan fingerprint density at radius 2 is 1.62 bits per heavy atom. The van der Waals surface area contributed by atoms with Gasteiger partial charge in [0.05, 0.1) is 10.1 Å². The zero-order valence-electron chi connectivity index (χ0n) is 27.6. The first kappa shape index (κ1) is 36.4. The number of sulfone groups is 1. The summed E-state index contributed by atoms with van der Waals surface area (Å²) in [5.74, 6) is -3.30. The number of hydrogen-bond donors (Lipinski definition) is 4. The van der Waals surface area contributed by atoms with Crippen molar-refractivity contribution in [3.63, 3.8) is 0 Å². The molecule has 1 fully saturated rings. The normalized spacial score (nSPS) is 18.1. The fourth-order valence-corrected chi connectivity index (χ4v) is 8.03. The second-order valence-electron chi connectivity index (χ2n) is 12.7. The minimum atomic E-state index is -5.08. The Hall–Kier alpha value is -4.92. The molecule has 15 heteroatoms. The number of alkyl halides is 3. The molecule has 1 aliphatic carbocycles. The number of hydrogen-bond acceptors (Lipinski definition) is 7. The third-order valence-electron chi connectivity index (χ3n) is 8.87. The van der Waals surface area contributed by atoms with Crippen LogP contribution < -0.4 is 16.0 Å². The molecule has 0 aromatic heterocycles. The standard InChI is InChI=1S/C33H36N4O5S.C2HF3O2/c1-19-13-22-14-20(2)27(19)5-4-6-30(38)35-24-9-12-29(43(41,42)26-10-11-26)23(15-24)18-37(3)33(40)31(22)36-25-8-7-21-17-34-32(39)28(21)16-25;3-2(4,5)1(6)7/h7-9,12-16,26,31,36H,4-6,10-11,17-18H2,1-3H3,(H,34,39)(H,35,38);(H,6,7)/t31-;/m1./s1. The summed E-state index contributed by atoms with van der Waals surface area (Å²) in [6, 6.07) is 13.6. The number of carbonyl (C=O) groups excluding carboxylic acids is 3. The summed E-state index contributed by atoms with van der Waals surface area (Å²) in [5.41, 5.74) is 7.06. The fraction of sp³-hybridized carbons (Fsp3) is 0.371. The van der Waals surface area contributed by atoms with Gasteiger partial charge in [-0.2, -0.15) is 13.2 Å². The summed E-state index contributed by atoms with van der Waals surface area (Å²) in [4.78, 5) is 50.0. The number of rotatable bonds is 4. The minimum Gasteiger partial charge on any atom is -0.475 e. The maximum absolute atomic E-state index is 14.3. The van der Waals surface area contributed by atoms with Crippen molar-refractivity contribution in [2.75, 3.05) is 17.7 Å². The van der Waals surface area contributed by atoms with Gasteiger partial charge in [0.25, 0.3) is 5.91 Å². The van der Waals surface area contributed by atoms with Crippen LogP contribution in [0.15, 0.2) is 53.4 Å². The highest BCUT2D eigenvalue weighted by atomic mass is 32.2. The highest BCUT2D eigenvalue weighted by Crippen LogP contribution is 2.37. The second-order valence-corrected chi connectivity index (χ2v) is 14.9. The molecule has 3 aliphatic heterocycles. The summed E-state index contributed by atoms with van der Waals surface area (Å²) in [5, 5.41) is 15.8. The van der Waals surface area contributed by atoms with Crippen LogP contribution in [0.3, 0.4) is 0 Å². The number of likely N-dealkylation sites (N-methyl/N-ethyl adjacent to an activating group) is 1.